The van der Waals surface area contributed by atoms with Crippen molar-refractivity contribution in [3.63, 3.8) is 0 Å². The molecule has 7 nitrogen and oxygen atoms in total. The molecular formula is C20H20ClN5O2S2. The number of carbonyl (C=O) groups excluding carboxylic acids is 2. The minimum Gasteiger partial charge on any atom is -0.338 e. The van der Waals surface area contributed by atoms with Gasteiger partial charge in [0.2, 0.25) is 5.91 Å². The molecule has 0 aliphatic carbocycles. The number of hydrogen-bond acceptors (Lipinski definition) is 6. The predicted octanol–water partition coefficient (Wildman–Crippen LogP) is 3.37. The van der Waals surface area contributed by atoms with Crippen LogP contribution >= 0.6 is 34.7 Å². The first-order valence-corrected chi connectivity index (χ1v) is 11.7. The number of rotatable bonds is 5. The summed E-state index contributed by atoms with van der Waals surface area (Å²) in [6, 6.07) is 9.45. The molecule has 10 heteroatoms. The van der Waals surface area contributed by atoms with E-state index in [1.54, 1.807) is 16.1 Å². The van der Waals surface area contributed by atoms with Gasteiger partial charge in [-0.3, -0.25) is 14.2 Å². The average molecular weight is 462 g/mol. The monoisotopic (exact) mass is 461 g/mol. The molecule has 0 saturated carbocycles. The predicted molar refractivity (Wildman–Crippen MR) is 119 cm³/mol. The standard InChI is InChI=1S/C20H20ClN5O2S2/c1-14-4-5-15(11-16(14)21)26-13-22-23-20(26)30-12-18(27)24-6-8-25(9-7-24)19(28)17-3-2-10-29-17/h2-5,10-11,13H,6-9,12H2,1H3. The Kier molecular flexibility index (Phi) is 6.40. The maximum absolute atomic E-state index is 12.7. The van der Waals surface area contributed by atoms with E-state index in [1.165, 1.54) is 23.1 Å². The van der Waals surface area contributed by atoms with Crippen molar-refractivity contribution < 1.29 is 9.59 Å². The number of piperazine rings is 1. The molecule has 0 bridgehead atoms. The smallest absolute Gasteiger partial charge is 0.264 e. The number of hydrogen-bond donors (Lipinski definition) is 0. The van der Waals surface area contributed by atoms with E-state index < -0.39 is 0 Å². The van der Waals surface area contributed by atoms with Gasteiger partial charge in [0, 0.05) is 31.2 Å². The molecule has 2 amide bonds. The first-order chi connectivity index (χ1) is 14.5. The number of thiophene rings is 1. The van der Waals surface area contributed by atoms with E-state index in [1.807, 2.05) is 47.2 Å². The molecule has 3 aromatic rings. The topological polar surface area (TPSA) is 71.3 Å². The lowest BCUT2D eigenvalue weighted by molar-refractivity contribution is -0.129. The van der Waals surface area contributed by atoms with Crippen LogP contribution in [-0.4, -0.2) is 68.3 Å². The highest BCUT2D eigenvalue weighted by molar-refractivity contribution is 7.99. The number of thioether (sulfide) groups is 1. The Balaban J connectivity index is 1.32. The molecule has 1 saturated heterocycles. The SMILES string of the molecule is Cc1ccc(-n2cnnc2SCC(=O)N2CCN(C(=O)c3cccs3)CC2)cc1Cl. The summed E-state index contributed by atoms with van der Waals surface area (Å²) in [6.45, 7) is 4.12. The molecule has 1 aliphatic heterocycles. The molecule has 1 fully saturated rings. The first kappa shape index (κ1) is 20.9. The zero-order valence-corrected chi connectivity index (χ0v) is 18.7. The zero-order valence-electron chi connectivity index (χ0n) is 16.3. The van der Waals surface area contributed by atoms with Gasteiger partial charge in [-0.2, -0.15) is 0 Å². The molecule has 0 spiro atoms. The van der Waals surface area contributed by atoms with Crippen molar-refractivity contribution in [3.05, 3.63) is 57.5 Å². The lowest BCUT2D eigenvalue weighted by Crippen LogP contribution is -2.51. The third kappa shape index (κ3) is 4.53. The van der Waals surface area contributed by atoms with Crippen LogP contribution in [0.2, 0.25) is 5.02 Å². The number of aryl methyl sites for hydroxylation is 1. The van der Waals surface area contributed by atoms with Gasteiger partial charge < -0.3 is 9.80 Å². The van der Waals surface area contributed by atoms with E-state index in [-0.39, 0.29) is 17.6 Å². The number of amides is 2. The van der Waals surface area contributed by atoms with Crippen LogP contribution in [-0.2, 0) is 4.79 Å². The highest BCUT2D eigenvalue weighted by Crippen LogP contribution is 2.24. The number of aromatic nitrogens is 3. The highest BCUT2D eigenvalue weighted by Gasteiger charge is 2.25. The summed E-state index contributed by atoms with van der Waals surface area (Å²) in [7, 11) is 0. The third-order valence-electron chi connectivity index (χ3n) is 4.93. The summed E-state index contributed by atoms with van der Waals surface area (Å²) in [5.74, 6) is 0.327. The third-order valence-corrected chi connectivity index (χ3v) is 7.12. The summed E-state index contributed by atoms with van der Waals surface area (Å²) in [5.41, 5.74) is 1.85. The molecule has 3 heterocycles. The van der Waals surface area contributed by atoms with Crippen molar-refractivity contribution >= 4 is 46.5 Å². The quantitative estimate of drug-likeness (QED) is 0.545. The van der Waals surface area contributed by atoms with Crippen molar-refractivity contribution in [1.82, 2.24) is 24.6 Å². The van der Waals surface area contributed by atoms with Gasteiger partial charge in [-0.1, -0.05) is 35.5 Å². The number of carbonyl (C=O) groups is 2. The van der Waals surface area contributed by atoms with Gasteiger partial charge in [0.1, 0.15) is 6.33 Å². The highest BCUT2D eigenvalue weighted by atomic mass is 35.5. The van der Waals surface area contributed by atoms with E-state index in [4.69, 9.17) is 11.6 Å². The maximum atomic E-state index is 12.7. The summed E-state index contributed by atoms with van der Waals surface area (Å²) in [4.78, 5) is 29.5. The minimum atomic E-state index is 0.0275. The summed E-state index contributed by atoms with van der Waals surface area (Å²) in [5, 5.41) is 11.3. The van der Waals surface area contributed by atoms with E-state index >= 15 is 0 Å². The van der Waals surface area contributed by atoms with Crippen molar-refractivity contribution in [2.45, 2.75) is 12.1 Å². The van der Waals surface area contributed by atoms with Crippen LogP contribution in [0.15, 0.2) is 47.2 Å². The molecule has 0 radical (unpaired) electrons. The van der Waals surface area contributed by atoms with Gasteiger partial charge >= 0.3 is 0 Å². The molecule has 30 heavy (non-hydrogen) atoms. The van der Waals surface area contributed by atoms with Crippen LogP contribution in [0.4, 0.5) is 0 Å². The minimum absolute atomic E-state index is 0.0275. The van der Waals surface area contributed by atoms with Crippen LogP contribution in [0.1, 0.15) is 15.2 Å². The van der Waals surface area contributed by atoms with E-state index in [0.717, 1.165) is 16.1 Å². The molecule has 156 valence electrons. The molecule has 2 aromatic heterocycles. The maximum Gasteiger partial charge on any atom is 0.264 e. The van der Waals surface area contributed by atoms with Gasteiger partial charge in [0.05, 0.1) is 16.3 Å². The van der Waals surface area contributed by atoms with Crippen LogP contribution in [0, 0.1) is 6.92 Å². The van der Waals surface area contributed by atoms with E-state index in [9.17, 15) is 9.59 Å². The normalized spacial score (nSPS) is 14.2. The molecule has 1 aliphatic rings. The van der Waals surface area contributed by atoms with Crippen molar-refractivity contribution in [3.8, 4) is 5.69 Å². The van der Waals surface area contributed by atoms with Gasteiger partial charge in [0.15, 0.2) is 5.16 Å². The van der Waals surface area contributed by atoms with Gasteiger partial charge in [0.25, 0.3) is 5.91 Å². The molecule has 1 aromatic carbocycles. The summed E-state index contributed by atoms with van der Waals surface area (Å²) < 4.78 is 1.82. The first-order valence-electron chi connectivity index (χ1n) is 9.43. The fraction of sp³-hybridized carbons (Fsp3) is 0.300. The number of halogens is 1. The van der Waals surface area contributed by atoms with E-state index in [0.29, 0.717) is 36.4 Å². The summed E-state index contributed by atoms with van der Waals surface area (Å²) >= 11 is 9.01. The molecular weight excluding hydrogens is 442 g/mol. The van der Waals surface area contributed by atoms with Crippen LogP contribution in [0.3, 0.4) is 0 Å². The number of benzene rings is 1. The van der Waals surface area contributed by atoms with Crippen LogP contribution in [0.5, 0.6) is 0 Å². The zero-order chi connectivity index (χ0) is 21.1. The largest absolute Gasteiger partial charge is 0.338 e. The number of nitrogens with zero attached hydrogens (tertiary/aromatic N) is 5. The lowest BCUT2D eigenvalue weighted by Gasteiger charge is -2.34. The second-order valence-corrected chi connectivity index (χ2v) is 9.15. The van der Waals surface area contributed by atoms with Crippen LogP contribution in [0.25, 0.3) is 5.69 Å². The molecule has 0 N–H and O–H groups in total. The Morgan fingerprint density at radius 2 is 1.93 bits per heavy atom. The Hall–Kier alpha value is -2.36. The van der Waals surface area contributed by atoms with Crippen molar-refractivity contribution in [2.24, 2.45) is 0 Å². The van der Waals surface area contributed by atoms with Crippen molar-refractivity contribution in [2.75, 3.05) is 31.9 Å². The van der Waals surface area contributed by atoms with Crippen molar-refractivity contribution in [1.29, 1.82) is 0 Å². The van der Waals surface area contributed by atoms with Gasteiger partial charge in [-0.05, 0) is 36.1 Å². The second-order valence-electron chi connectivity index (χ2n) is 6.86. The fourth-order valence-electron chi connectivity index (χ4n) is 3.16. The van der Waals surface area contributed by atoms with E-state index in [2.05, 4.69) is 10.2 Å². The lowest BCUT2D eigenvalue weighted by atomic mass is 10.2. The molecule has 0 atom stereocenters. The molecule has 0 unspecified atom stereocenters. The summed E-state index contributed by atoms with van der Waals surface area (Å²) in [6.07, 6.45) is 1.61. The van der Waals surface area contributed by atoms with Gasteiger partial charge in [-0.15, -0.1) is 21.5 Å². The van der Waals surface area contributed by atoms with Gasteiger partial charge in [-0.25, -0.2) is 0 Å². The fourth-order valence-corrected chi connectivity index (χ4v) is 4.86. The Labute approximate surface area is 187 Å². The van der Waals surface area contributed by atoms with Crippen LogP contribution < -0.4 is 0 Å². The Bertz CT molecular complexity index is 1050. The molecule has 4 rings (SSSR count). The average Bonchev–Trinajstić information content (AvgIpc) is 3.46. The Morgan fingerprint density at radius 3 is 2.63 bits per heavy atom. The second kappa shape index (κ2) is 9.20. The Morgan fingerprint density at radius 1 is 1.17 bits per heavy atom.